The lowest BCUT2D eigenvalue weighted by molar-refractivity contribution is 0.544. The summed E-state index contributed by atoms with van der Waals surface area (Å²) in [7, 11) is 0. The Bertz CT molecular complexity index is 4160. The predicted octanol–water partition coefficient (Wildman–Crippen LogP) is 20.7. The number of rotatable bonds is 12. The van der Waals surface area contributed by atoms with Crippen LogP contribution in [0.4, 0.5) is 60.5 Å². The highest BCUT2D eigenvalue weighted by Crippen LogP contribution is 2.60. The van der Waals surface area contributed by atoms with Crippen LogP contribution in [0, 0.1) is 62.6 Å². The third-order valence-electron chi connectivity index (χ3n) is 17.1. The maximum Gasteiger partial charge on any atom is 0.153 e. The smallest absolute Gasteiger partial charge is 0.153 e. The second-order valence-electron chi connectivity index (χ2n) is 22.0. The number of anilines is 6. The van der Waals surface area contributed by atoms with E-state index in [-0.39, 0.29) is 11.4 Å². The molecule has 8 heteroatoms. The van der Waals surface area contributed by atoms with Crippen molar-refractivity contribution in [2.24, 2.45) is 0 Å². The number of hydrogen-bond donors (Lipinski definition) is 0. The molecule has 0 radical (unpaired) electrons. The molecule has 0 saturated heterocycles. The maximum atomic E-state index is 16.8. The normalized spacial score (nSPS) is 15.5. The molecule has 0 saturated carbocycles. The van der Waals surface area contributed by atoms with Gasteiger partial charge in [-0.3, -0.25) is 0 Å². The fourth-order valence-corrected chi connectivity index (χ4v) is 13.4. The molecule has 13 rings (SSSR count). The first-order chi connectivity index (χ1) is 40.6. The van der Waals surface area contributed by atoms with E-state index in [1.54, 1.807) is 48.6 Å². The van der Waals surface area contributed by atoms with Gasteiger partial charge in [0, 0.05) is 47.0 Å². The first kappa shape index (κ1) is 53.4. The minimum atomic E-state index is -1.16. The second kappa shape index (κ2) is 20.5. The first-order valence-corrected chi connectivity index (χ1v) is 27.7. The van der Waals surface area contributed by atoms with Crippen LogP contribution < -0.4 is 9.80 Å². The fourth-order valence-electron chi connectivity index (χ4n) is 13.4. The van der Waals surface area contributed by atoms with Crippen molar-refractivity contribution in [1.29, 1.82) is 0 Å². The molecule has 0 fully saturated rings. The third kappa shape index (κ3) is 8.25. The summed E-state index contributed by atoms with van der Waals surface area (Å²) in [5, 5.41) is 0. The summed E-state index contributed by atoms with van der Waals surface area (Å²) in [4.78, 5) is 2.80. The molecule has 84 heavy (non-hydrogen) atoms. The molecule has 11 aromatic carbocycles. The van der Waals surface area contributed by atoms with E-state index in [1.807, 2.05) is 86.6 Å². The lowest BCUT2D eigenvalue weighted by Gasteiger charge is -2.36. The molecule has 11 aromatic rings. The Balaban J connectivity index is 1.03. The average Bonchev–Trinajstić information content (AvgIpc) is 2.01. The van der Waals surface area contributed by atoms with Crippen molar-refractivity contribution in [3.63, 3.8) is 0 Å². The van der Waals surface area contributed by atoms with Crippen LogP contribution in [0.25, 0.3) is 34.4 Å². The van der Waals surface area contributed by atoms with Crippen LogP contribution in [0.2, 0.25) is 0 Å². The van der Waals surface area contributed by atoms with E-state index >= 15 is 26.3 Å². The van der Waals surface area contributed by atoms with Gasteiger partial charge < -0.3 is 9.80 Å². The van der Waals surface area contributed by atoms with Gasteiger partial charge in [0.2, 0.25) is 0 Å². The Morgan fingerprint density at radius 2 is 0.655 bits per heavy atom. The number of benzene rings is 11. The summed E-state index contributed by atoms with van der Waals surface area (Å²) in [6.45, 7) is 16.3. The van der Waals surface area contributed by atoms with Crippen molar-refractivity contribution < 1.29 is 26.3 Å². The molecule has 0 aliphatic heterocycles. The van der Waals surface area contributed by atoms with Gasteiger partial charge in [0.1, 0.15) is 23.0 Å². The summed E-state index contributed by atoms with van der Waals surface area (Å²) >= 11 is 0. The molecule has 410 valence electrons. The molecule has 2 aliphatic carbocycles. The number of halogens is 6. The summed E-state index contributed by atoms with van der Waals surface area (Å²) in [6.07, 6.45) is 3.58. The van der Waals surface area contributed by atoms with Gasteiger partial charge in [-0.1, -0.05) is 182 Å². The zero-order chi connectivity index (χ0) is 58.3. The monoisotopic (exact) mass is 1110 g/mol. The largest absolute Gasteiger partial charge is 0.305 e. The van der Waals surface area contributed by atoms with Crippen molar-refractivity contribution in [3.8, 4) is 22.3 Å². The molecule has 0 heterocycles. The van der Waals surface area contributed by atoms with Gasteiger partial charge in [-0.2, -0.15) is 0 Å². The lowest BCUT2D eigenvalue weighted by atomic mass is 9.66. The standard InChI is InChI=1S/C76H54F6N2/c1-7-49-21-25-51(26-22-49)75(65-37-45(3)17-19-47(65)5)63-15-11-9-13-59(63)61-35-33-57(43-67(61)75)83(73-69(79)39-53(77)40-70(73)80)55-29-31-56(32-30-55)84(74-71(81)41-54(78)42-72(74)82)58-34-36-62-60-14-10-12-16-64(60)76(68(62)44-58,52-27-23-50(8-2)24-28-52)66-38-46(4)18-20-48(66)6/h7-44H,1-2H2,3-6H3. The van der Waals surface area contributed by atoms with Crippen LogP contribution in [0.3, 0.4) is 0 Å². The maximum absolute atomic E-state index is 16.8. The topological polar surface area (TPSA) is 6.48 Å². The fraction of sp³-hybridized carbons (Fsp3) is 0.0789. The van der Waals surface area contributed by atoms with Gasteiger partial charge >= 0.3 is 0 Å². The molecule has 2 atom stereocenters. The summed E-state index contributed by atoms with van der Waals surface area (Å²) in [5.41, 5.74) is 15.5. The number of hydrogen-bond acceptors (Lipinski definition) is 2. The van der Waals surface area contributed by atoms with Gasteiger partial charge in [-0.05, 0) is 165 Å². The van der Waals surface area contributed by atoms with E-state index < -0.39 is 57.1 Å². The highest BCUT2D eigenvalue weighted by Gasteiger charge is 2.49. The molecule has 0 spiro atoms. The molecular weight excluding hydrogens is 1050 g/mol. The molecule has 2 unspecified atom stereocenters. The Morgan fingerprint density at radius 1 is 0.321 bits per heavy atom. The van der Waals surface area contributed by atoms with Crippen LogP contribution in [0.1, 0.15) is 77.9 Å². The van der Waals surface area contributed by atoms with Crippen LogP contribution in [0.15, 0.2) is 232 Å². The molecule has 2 nitrogen and oxygen atoms in total. The van der Waals surface area contributed by atoms with Gasteiger partial charge in [0.25, 0.3) is 0 Å². The van der Waals surface area contributed by atoms with Crippen LogP contribution in [-0.4, -0.2) is 0 Å². The van der Waals surface area contributed by atoms with Crippen LogP contribution in [-0.2, 0) is 10.8 Å². The number of fused-ring (bicyclic) bond motifs is 6. The Kier molecular flexibility index (Phi) is 13.0. The average molecular weight is 1110 g/mol. The van der Waals surface area contributed by atoms with E-state index in [0.29, 0.717) is 35.6 Å². The van der Waals surface area contributed by atoms with Crippen molar-refractivity contribution in [1.82, 2.24) is 0 Å². The second-order valence-corrected chi connectivity index (χ2v) is 22.0. The van der Waals surface area contributed by atoms with Crippen molar-refractivity contribution in [3.05, 3.63) is 344 Å². The van der Waals surface area contributed by atoms with E-state index in [2.05, 4.69) is 112 Å². The van der Waals surface area contributed by atoms with E-state index in [4.69, 9.17) is 0 Å². The van der Waals surface area contributed by atoms with Crippen molar-refractivity contribution >= 4 is 46.3 Å². The minimum Gasteiger partial charge on any atom is -0.305 e. The lowest BCUT2D eigenvalue weighted by Crippen LogP contribution is -2.30. The van der Waals surface area contributed by atoms with Crippen molar-refractivity contribution in [2.75, 3.05) is 9.80 Å². The quantitative estimate of drug-likeness (QED) is 0.113. The highest BCUT2D eigenvalue weighted by atomic mass is 19.2. The first-order valence-electron chi connectivity index (χ1n) is 27.7. The summed E-state index contributed by atoms with van der Waals surface area (Å²) in [6, 6.07) is 65.9. The van der Waals surface area contributed by atoms with Crippen molar-refractivity contribution in [2.45, 2.75) is 38.5 Å². The van der Waals surface area contributed by atoms with E-state index in [0.717, 1.165) is 100 Å². The molecule has 0 aromatic heterocycles. The van der Waals surface area contributed by atoms with Gasteiger partial charge in [0.05, 0.1) is 10.8 Å². The Hall–Kier alpha value is -9.92. The third-order valence-corrected chi connectivity index (χ3v) is 17.1. The van der Waals surface area contributed by atoms with Gasteiger partial charge in [-0.15, -0.1) is 0 Å². The zero-order valence-corrected chi connectivity index (χ0v) is 46.5. The summed E-state index contributed by atoms with van der Waals surface area (Å²) < 4.78 is 97.2. The Morgan fingerprint density at radius 3 is 1.01 bits per heavy atom. The predicted molar refractivity (Wildman–Crippen MR) is 329 cm³/mol. The van der Waals surface area contributed by atoms with E-state index in [1.165, 1.54) is 9.80 Å². The summed E-state index contributed by atoms with van der Waals surface area (Å²) in [5.74, 6) is -6.85. The SMILES string of the molecule is C=Cc1ccc(C2(c3cc(C)ccc3C)c3ccccc3-c3ccc(N(c4ccc(N(c5ccc6c(c5)C(c5ccc(C=C)cc5)(c5cc(C)ccc5C)c5ccccc5-6)c5c(F)cc(F)cc5F)cc4)c4c(F)cc(F)cc4F)cc32)cc1. The van der Waals surface area contributed by atoms with Crippen LogP contribution in [0.5, 0.6) is 0 Å². The highest BCUT2D eigenvalue weighted by molar-refractivity contribution is 5.93. The Labute approximate surface area is 485 Å². The minimum absolute atomic E-state index is 0.229. The number of nitrogens with zero attached hydrogens (tertiary/aromatic N) is 2. The van der Waals surface area contributed by atoms with Crippen LogP contribution >= 0.6 is 0 Å². The molecular formula is C76H54F6N2. The molecule has 0 N–H and O–H groups in total. The molecule has 2 aliphatic rings. The molecule has 0 bridgehead atoms. The number of aryl methyl sites for hydroxylation is 4. The van der Waals surface area contributed by atoms with Gasteiger partial charge in [-0.25, -0.2) is 26.3 Å². The zero-order valence-electron chi connectivity index (χ0n) is 46.5. The van der Waals surface area contributed by atoms with E-state index in [9.17, 15) is 0 Å². The molecule has 0 amide bonds. The van der Waals surface area contributed by atoms with Gasteiger partial charge in [0.15, 0.2) is 23.3 Å².